The molecule has 2 aromatic carbocycles. The van der Waals surface area contributed by atoms with E-state index in [9.17, 15) is 18.3 Å². The van der Waals surface area contributed by atoms with Gasteiger partial charge in [0.25, 0.3) is 0 Å². The first-order chi connectivity index (χ1) is 11.8. The highest BCUT2D eigenvalue weighted by molar-refractivity contribution is 7.89. The van der Waals surface area contributed by atoms with Crippen molar-refractivity contribution in [3.05, 3.63) is 65.7 Å². The van der Waals surface area contributed by atoms with Gasteiger partial charge in [-0.1, -0.05) is 56.3 Å². The van der Waals surface area contributed by atoms with E-state index in [0.717, 1.165) is 11.1 Å². The van der Waals surface area contributed by atoms with E-state index >= 15 is 0 Å². The molecule has 0 heterocycles. The summed E-state index contributed by atoms with van der Waals surface area (Å²) in [4.78, 5) is 11.5. The molecular formula is C19H23NO4S. The number of rotatable bonds is 8. The maximum atomic E-state index is 12.5. The number of aryl methyl sites for hydroxylation is 1. The second kappa shape index (κ2) is 8.27. The van der Waals surface area contributed by atoms with Gasteiger partial charge in [0.1, 0.15) is 6.04 Å². The van der Waals surface area contributed by atoms with Gasteiger partial charge in [0.05, 0.1) is 4.90 Å². The molecule has 0 unspecified atom stereocenters. The zero-order valence-corrected chi connectivity index (χ0v) is 15.2. The van der Waals surface area contributed by atoms with E-state index in [4.69, 9.17) is 0 Å². The molecular weight excluding hydrogens is 338 g/mol. The van der Waals surface area contributed by atoms with Crippen molar-refractivity contribution in [1.29, 1.82) is 0 Å². The van der Waals surface area contributed by atoms with Gasteiger partial charge < -0.3 is 5.11 Å². The topological polar surface area (TPSA) is 83.5 Å². The van der Waals surface area contributed by atoms with Gasteiger partial charge in [-0.05, 0) is 42.0 Å². The number of carbonyl (C=O) groups is 1. The largest absolute Gasteiger partial charge is 0.480 e. The molecule has 2 aromatic rings. The Morgan fingerprint density at radius 3 is 2.16 bits per heavy atom. The van der Waals surface area contributed by atoms with E-state index in [2.05, 4.69) is 4.72 Å². The summed E-state index contributed by atoms with van der Waals surface area (Å²) in [6.45, 7) is 4.04. The summed E-state index contributed by atoms with van der Waals surface area (Å²) in [6, 6.07) is 14.7. The molecule has 5 nitrogen and oxygen atoms in total. The predicted octanol–water partition coefficient (Wildman–Crippen LogP) is 3.17. The van der Waals surface area contributed by atoms with Crippen molar-refractivity contribution in [1.82, 2.24) is 4.72 Å². The van der Waals surface area contributed by atoms with Crippen LogP contribution in [0.2, 0.25) is 0 Å². The van der Waals surface area contributed by atoms with Gasteiger partial charge >= 0.3 is 5.97 Å². The molecule has 1 atom stereocenters. The van der Waals surface area contributed by atoms with Crippen LogP contribution in [0.15, 0.2) is 59.5 Å². The number of carboxylic acids is 1. The number of sulfonamides is 1. The molecule has 2 N–H and O–H groups in total. The molecule has 0 aliphatic rings. The standard InChI is InChI=1S/C19H23NO4S/c1-14(2)16-9-11-17(12-10-16)25(23,24)20-18(19(21)22)13-8-15-6-4-3-5-7-15/h3-7,9-12,14,18,20H,8,13H2,1-2H3,(H,21,22)/t18-/m1/s1. The fourth-order valence-electron chi connectivity index (χ4n) is 2.48. The summed E-state index contributed by atoms with van der Waals surface area (Å²) in [7, 11) is -3.88. The summed E-state index contributed by atoms with van der Waals surface area (Å²) in [5.74, 6) is -0.888. The minimum Gasteiger partial charge on any atom is -0.480 e. The smallest absolute Gasteiger partial charge is 0.321 e. The van der Waals surface area contributed by atoms with Gasteiger partial charge in [-0.25, -0.2) is 8.42 Å². The maximum absolute atomic E-state index is 12.5. The van der Waals surface area contributed by atoms with Crippen molar-refractivity contribution in [3.8, 4) is 0 Å². The molecule has 25 heavy (non-hydrogen) atoms. The summed E-state index contributed by atoms with van der Waals surface area (Å²) >= 11 is 0. The third-order valence-electron chi connectivity index (χ3n) is 4.02. The molecule has 0 fully saturated rings. The van der Waals surface area contributed by atoms with Gasteiger partial charge in [0, 0.05) is 0 Å². The minimum atomic E-state index is -3.88. The molecule has 0 aliphatic carbocycles. The lowest BCUT2D eigenvalue weighted by atomic mass is 10.0. The highest BCUT2D eigenvalue weighted by Crippen LogP contribution is 2.18. The number of nitrogens with one attached hydrogen (secondary N) is 1. The van der Waals surface area contributed by atoms with Crippen LogP contribution in [-0.2, 0) is 21.2 Å². The Hall–Kier alpha value is -2.18. The molecule has 6 heteroatoms. The first-order valence-corrected chi connectivity index (χ1v) is 9.67. The van der Waals surface area contributed by atoms with Crippen molar-refractivity contribution >= 4 is 16.0 Å². The van der Waals surface area contributed by atoms with Crippen LogP contribution in [0.1, 0.15) is 37.3 Å². The number of hydrogen-bond donors (Lipinski definition) is 2. The third kappa shape index (κ3) is 5.41. The van der Waals surface area contributed by atoms with Crippen molar-refractivity contribution in [3.63, 3.8) is 0 Å². The molecule has 0 aromatic heterocycles. The van der Waals surface area contributed by atoms with E-state index in [1.54, 1.807) is 12.1 Å². The minimum absolute atomic E-state index is 0.0721. The Kier molecular flexibility index (Phi) is 6.33. The van der Waals surface area contributed by atoms with E-state index in [1.165, 1.54) is 12.1 Å². The molecule has 2 rings (SSSR count). The third-order valence-corrected chi connectivity index (χ3v) is 5.50. The van der Waals surface area contributed by atoms with E-state index in [-0.39, 0.29) is 11.3 Å². The first kappa shape index (κ1) is 19.1. The van der Waals surface area contributed by atoms with Crippen LogP contribution in [0, 0.1) is 0 Å². The highest BCUT2D eigenvalue weighted by atomic mass is 32.2. The fourth-order valence-corrected chi connectivity index (χ4v) is 3.70. The highest BCUT2D eigenvalue weighted by Gasteiger charge is 2.25. The van der Waals surface area contributed by atoms with Crippen LogP contribution >= 0.6 is 0 Å². The van der Waals surface area contributed by atoms with E-state index in [1.807, 2.05) is 44.2 Å². The van der Waals surface area contributed by atoms with Crippen LogP contribution in [0.5, 0.6) is 0 Å². The van der Waals surface area contributed by atoms with Crippen LogP contribution in [0.4, 0.5) is 0 Å². The molecule has 0 amide bonds. The zero-order chi connectivity index (χ0) is 18.4. The van der Waals surface area contributed by atoms with Crippen LogP contribution in [-0.4, -0.2) is 25.5 Å². The second-order valence-corrected chi connectivity index (χ2v) is 7.97. The van der Waals surface area contributed by atoms with Crippen molar-refractivity contribution in [2.24, 2.45) is 0 Å². The van der Waals surface area contributed by atoms with Crippen molar-refractivity contribution < 1.29 is 18.3 Å². The summed E-state index contributed by atoms with van der Waals surface area (Å²) < 4.78 is 27.2. The number of aliphatic carboxylic acids is 1. The second-order valence-electron chi connectivity index (χ2n) is 6.26. The quantitative estimate of drug-likeness (QED) is 0.756. The lowest BCUT2D eigenvalue weighted by Gasteiger charge is -2.15. The molecule has 0 radical (unpaired) electrons. The van der Waals surface area contributed by atoms with Crippen LogP contribution in [0.25, 0.3) is 0 Å². The number of carboxylic acid groups (broad SMARTS) is 1. The Morgan fingerprint density at radius 1 is 1.04 bits per heavy atom. The lowest BCUT2D eigenvalue weighted by molar-refractivity contribution is -0.139. The molecule has 0 aliphatic heterocycles. The average molecular weight is 361 g/mol. The SMILES string of the molecule is CC(C)c1ccc(S(=O)(=O)N[C@H](CCc2ccccc2)C(=O)O)cc1. The van der Waals surface area contributed by atoms with Gasteiger partial charge in [0.15, 0.2) is 0 Å². The Morgan fingerprint density at radius 2 is 1.64 bits per heavy atom. The van der Waals surface area contributed by atoms with Gasteiger partial charge in [-0.15, -0.1) is 0 Å². The van der Waals surface area contributed by atoms with Gasteiger partial charge in [-0.2, -0.15) is 4.72 Å². The van der Waals surface area contributed by atoms with E-state index in [0.29, 0.717) is 12.3 Å². The molecule has 0 bridgehead atoms. The number of benzene rings is 2. The summed E-state index contributed by atoms with van der Waals surface area (Å²) in [5, 5.41) is 9.35. The Labute approximate surface area is 148 Å². The lowest BCUT2D eigenvalue weighted by Crippen LogP contribution is -2.41. The Balaban J connectivity index is 2.10. The Bertz CT molecular complexity index is 799. The van der Waals surface area contributed by atoms with Gasteiger partial charge in [-0.3, -0.25) is 4.79 Å². The van der Waals surface area contributed by atoms with Crippen molar-refractivity contribution in [2.45, 2.75) is 43.5 Å². The van der Waals surface area contributed by atoms with Gasteiger partial charge in [0.2, 0.25) is 10.0 Å². The summed E-state index contributed by atoms with van der Waals surface area (Å²) in [6.07, 6.45) is 0.662. The maximum Gasteiger partial charge on any atom is 0.321 e. The predicted molar refractivity (Wildman–Crippen MR) is 97.0 cm³/mol. The van der Waals surface area contributed by atoms with Crippen LogP contribution in [0.3, 0.4) is 0 Å². The molecule has 0 saturated heterocycles. The summed E-state index contributed by atoms with van der Waals surface area (Å²) in [5.41, 5.74) is 1.99. The monoisotopic (exact) mass is 361 g/mol. The molecule has 0 spiro atoms. The first-order valence-electron chi connectivity index (χ1n) is 8.18. The fraction of sp³-hybridized carbons (Fsp3) is 0.316. The van der Waals surface area contributed by atoms with Crippen molar-refractivity contribution in [2.75, 3.05) is 0 Å². The van der Waals surface area contributed by atoms with Crippen LogP contribution < -0.4 is 4.72 Å². The number of hydrogen-bond acceptors (Lipinski definition) is 3. The average Bonchev–Trinajstić information content (AvgIpc) is 2.59. The molecule has 0 saturated carbocycles. The molecule has 134 valence electrons. The normalized spacial score (nSPS) is 12.9. The zero-order valence-electron chi connectivity index (χ0n) is 14.3. The van der Waals surface area contributed by atoms with E-state index < -0.39 is 22.0 Å².